The SMILES string of the molecule is O=C(CC1CCCCC1)C1=NCC=C1NC(=O)c1c(F)cccc1F. The predicted octanol–water partition coefficient (Wildman–Crippen LogP) is 3.57. The largest absolute Gasteiger partial charge is 0.320 e. The molecule has 3 rings (SSSR count). The highest BCUT2D eigenvalue weighted by molar-refractivity contribution is 6.47. The lowest BCUT2D eigenvalue weighted by molar-refractivity contribution is -0.114. The predicted molar refractivity (Wildman–Crippen MR) is 90.4 cm³/mol. The number of allylic oxidation sites excluding steroid dienone is 1. The van der Waals surface area contributed by atoms with Crippen molar-refractivity contribution >= 4 is 17.4 Å². The fraction of sp³-hybridized carbons (Fsp3) is 0.421. The first-order valence-corrected chi connectivity index (χ1v) is 8.60. The lowest BCUT2D eigenvalue weighted by Gasteiger charge is -2.21. The quantitative estimate of drug-likeness (QED) is 0.886. The number of halogens is 2. The molecule has 1 heterocycles. The van der Waals surface area contributed by atoms with Crippen molar-refractivity contribution in [3.05, 3.63) is 47.2 Å². The van der Waals surface area contributed by atoms with Gasteiger partial charge in [-0.25, -0.2) is 8.78 Å². The number of rotatable bonds is 5. The Bertz CT molecular complexity index is 730. The summed E-state index contributed by atoms with van der Waals surface area (Å²) in [5, 5.41) is 2.44. The third-order valence-corrected chi connectivity index (χ3v) is 4.70. The summed E-state index contributed by atoms with van der Waals surface area (Å²) >= 11 is 0. The summed E-state index contributed by atoms with van der Waals surface area (Å²) in [6, 6.07) is 3.23. The molecule has 0 unspecified atom stereocenters. The van der Waals surface area contributed by atoms with Gasteiger partial charge >= 0.3 is 0 Å². The summed E-state index contributed by atoms with van der Waals surface area (Å²) in [7, 11) is 0. The zero-order valence-corrected chi connectivity index (χ0v) is 13.9. The molecule has 25 heavy (non-hydrogen) atoms. The van der Waals surface area contributed by atoms with Gasteiger partial charge in [-0.3, -0.25) is 14.6 Å². The summed E-state index contributed by atoms with van der Waals surface area (Å²) in [5.74, 6) is -2.57. The van der Waals surface area contributed by atoms with Crippen LogP contribution in [0.5, 0.6) is 0 Å². The molecular weight excluding hydrogens is 326 g/mol. The third kappa shape index (κ3) is 4.00. The van der Waals surface area contributed by atoms with Gasteiger partial charge in [0.05, 0.1) is 12.2 Å². The van der Waals surface area contributed by atoms with Gasteiger partial charge in [0.2, 0.25) is 0 Å². The first-order chi connectivity index (χ1) is 12.1. The van der Waals surface area contributed by atoms with E-state index in [1.807, 2.05) is 0 Å². The van der Waals surface area contributed by atoms with Gasteiger partial charge < -0.3 is 5.32 Å². The van der Waals surface area contributed by atoms with E-state index in [-0.39, 0.29) is 23.7 Å². The highest BCUT2D eigenvalue weighted by atomic mass is 19.1. The molecule has 0 spiro atoms. The van der Waals surface area contributed by atoms with Crippen LogP contribution < -0.4 is 5.32 Å². The van der Waals surface area contributed by atoms with Gasteiger partial charge in [-0.05, 0) is 24.1 Å². The Labute approximate surface area is 145 Å². The van der Waals surface area contributed by atoms with Crippen molar-refractivity contribution in [1.29, 1.82) is 0 Å². The Morgan fingerprint density at radius 1 is 1.12 bits per heavy atom. The van der Waals surface area contributed by atoms with Crippen molar-refractivity contribution in [1.82, 2.24) is 5.32 Å². The van der Waals surface area contributed by atoms with E-state index in [9.17, 15) is 18.4 Å². The van der Waals surface area contributed by atoms with Crippen LogP contribution in [-0.2, 0) is 4.79 Å². The Hall–Kier alpha value is -2.37. The Morgan fingerprint density at radius 3 is 2.48 bits per heavy atom. The molecule has 1 amide bonds. The van der Waals surface area contributed by atoms with Gasteiger partial charge in [0.25, 0.3) is 5.91 Å². The molecule has 1 aliphatic carbocycles. The van der Waals surface area contributed by atoms with Crippen molar-refractivity contribution in [3.63, 3.8) is 0 Å². The number of hydrogen-bond donors (Lipinski definition) is 1. The fourth-order valence-corrected chi connectivity index (χ4v) is 3.41. The van der Waals surface area contributed by atoms with Crippen molar-refractivity contribution < 1.29 is 18.4 Å². The molecular formula is C19H20F2N2O2. The number of benzene rings is 1. The van der Waals surface area contributed by atoms with E-state index in [0.717, 1.165) is 37.8 Å². The van der Waals surface area contributed by atoms with E-state index in [2.05, 4.69) is 10.3 Å². The Kier molecular flexibility index (Phi) is 5.36. The molecule has 0 bridgehead atoms. The molecule has 0 saturated heterocycles. The summed E-state index contributed by atoms with van der Waals surface area (Å²) < 4.78 is 27.4. The topological polar surface area (TPSA) is 58.5 Å². The second-order valence-corrected chi connectivity index (χ2v) is 6.49. The highest BCUT2D eigenvalue weighted by Crippen LogP contribution is 2.27. The summed E-state index contributed by atoms with van der Waals surface area (Å²) in [5.41, 5.74) is -0.210. The van der Waals surface area contributed by atoms with Crippen LogP contribution in [0, 0.1) is 17.6 Å². The van der Waals surface area contributed by atoms with Crippen LogP contribution in [0.15, 0.2) is 35.0 Å². The molecule has 0 atom stereocenters. The van der Waals surface area contributed by atoms with Crippen molar-refractivity contribution in [3.8, 4) is 0 Å². The van der Waals surface area contributed by atoms with E-state index in [0.29, 0.717) is 12.3 Å². The number of nitrogens with zero attached hydrogens (tertiary/aromatic N) is 1. The van der Waals surface area contributed by atoms with Crippen LogP contribution in [0.2, 0.25) is 0 Å². The van der Waals surface area contributed by atoms with Crippen LogP contribution in [0.25, 0.3) is 0 Å². The van der Waals surface area contributed by atoms with E-state index < -0.39 is 23.1 Å². The average molecular weight is 346 g/mol. The number of amides is 1. The number of ketones is 1. The van der Waals surface area contributed by atoms with E-state index in [1.165, 1.54) is 12.5 Å². The van der Waals surface area contributed by atoms with Crippen LogP contribution in [0.4, 0.5) is 8.78 Å². The standard InChI is InChI=1S/C19H20F2N2O2/c20-13-7-4-8-14(21)17(13)19(25)23-15-9-10-22-18(15)16(24)11-12-5-2-1-3-6-12/h4,7-9,12H,1-3,5-6,10-11H2,(H,23,25). The molecule has 4 nitrogen and oxygen atoms in total. The number of carbonyl (C=O) groups excluding carboxylic acids is 2. The maximum absolute atomic E-state index is 13.7. The average Bonchev–Trinajstić information content (AvgIpc) is 3.04. The number of nitrogens with one attached hydrogen (secondary N) is 1. The van der Waals surface area contributed by atoms with E-state index >= 15 is 0 Å². The van der Waals surface area contributed by atoms with Gasteiger partial charge in [-0.2, -0.15) is 0 Å². The first kappa shape index (κ1) is 17.5. The number of aliphatic imine (C=N–C) groups is 1. The zero-order chi connectivity index (χ0) is 17.8. The van der Waals surface area contributed by atoms with Gasteiger partial charge in [0, 0.05) is 6.42 Å². The molecule has 1 aliphatic heterocycles. The number of Topliss-reactive ketones (excluding diaryl/α,β-unsaturated/α-hetero) is 1. The van der Waals surface area contributed by atoms with Crippen LogP contribution in [0.1, 0.15) is 48.9 Å². The molecule has 1 N–H and O–H groups in total. The molecule has 1 fully saturated rings. The van der Waals surface area contributed by atoms with Gasteiger partial charge in [0.15, 0.2) is 5.78 Å². The molecule has 0 radical (unpaired) electrons. The smallest absolute Gasteiger partial charge is 0.261 e. The summed E-state index contributed by atoms with van der Waals surface area (Å²) in [6.45, 7) is 0.279. The first-order valence-electron chi connectivity index (χ1n) is 8.60. The van der Waals surface area contributed by atoms with Crippen molar-refractivity contribution in [2.45, 2.75) is 38.5 Å². The fourth-order valence-electron chi connectivity index (χ4n) is 3.41. The van der Waals surface area contributed by atoms with Gasteiger partial charge in [-0.15, -0.1) is 0 Å². The molecule has 0 aromatic heterocycles. The minimum atomic E-state index is -0.942. The van der Waals surface area contributed by atoms with Gasteiger partial charge in [-0.1, -0.05) is 38.2 Å². The Morgan fingerprint density at radius 2 is 1.80 bits per heavy atom. The zero-order valence-electron chi connectivity index (χ0n) is 13.9. The number of carbonyl (C=O) groups is 2. The van der Waals surface area contributed by atoms with Crippen LogP contribution in [-0.4, -0.2) is 23.9 Å². The van der Waals surface area contributed by atoms with Crippen molar-refractivity contribution in [2.75, 3.05) is 6.54 Å². The highest BCUT2D eigenvalue weighted by Gasteiger charge is 2.26. The van der Waals surface area contributed by atoms with Crippen LogP contribution >= 0.6 is 0 Å². The second-order valence-electron chi connectivity index (χ2n) is 6.49. The minimum absolute atomic E-state index is 0.120. The van der Waals surface area contributed by atoms with Crippen LogP contribution in [0.3, 0.4) is 0 Å². The normalized spacial score (nSPS) is 17.8. The van der Waals surface area contributed by atoms with E-state index in [4.69, 9.17) is 0 Å². The summed E-state index contributed by atoms with van der Waals surface area (Å²) in [6.07, 6.45) is 7.54. The van der Waals surface area contributed by atoms with E-state index in [1.54, 1.807) is 6.08 Å². The molecule has 1 aromatic rings. The lowest BCUT2D eigenvalue weighted by atomic mass is 9.85. The third-order valence-electron chi connectivity index (χ3n) is 4.70. The number of hydrogen-bond acceptors (Lipinski definition) is 3. The second kappa shape index (κ2) is 7.68. The summed E-state index contributed by atoms with van der Waals surface area (Å²) in [4.78, 5) is 28.9. The molecule has 1 saturated carbocycles. The maximum Gasteiger partial charge on any atom is 0.261 e. The molecule has 2 aliphatic rings. The minimum Gasteiger partial charge on any atom is -0.320 e. The van der Waals surface area contributed by atoms with Crippen molar-refractivity contribution in [2.24, 2.45) is 10.9 Å². The monoisotopic (exact) mass is 346 g/mol. The molecule has 1 aromatic carbocycles. The Balaban J connectivity index is 1.67. The maximum atomic E-state index is 13.7. The van der Waals surface area contributed by atoms with Gasteiger partial charge in [0.1, 0.15) is 22.9 Å². The lowest BCUT2D eigenvalue weighted by Crippen LogP contribution is -2.32. The molecule has 132 valence electrons. The molecule has 6 heteroatoms.